The first-order valence-electron chi connectivity index (χ1n) is 6.29. The molecular formula is C12H21O5P. The van der Waals surface area contributed by atoms with E-state index in [2.05, 4.69) is 0 Å². The second-order valence-corrected chi connectivity index (χ2v) is 5.72. The van der Waals surface area contributed by atoms with Gasteiger partial charge >= 0.3 is 7.82 Å². The third-order valence-corrected chi connectivity index (χ3v) is 4.35. The minimum absolute atomic E-state index is 0.0518. The van der Waals surface area contributed by atoms with Crippen molar-refractivity contribution in [3.05, 3.63) is 11.8 Å². The summed E-state index contributed by atoms with van der Waals surface area (Å²) in [5.41, 5.74) is 0. The van der Waals surface area contributed by atoms with Crippen LogP contribution >= 0.6 is 7.82 Å². The standard InChI is InChI=1S/C12H21O5P/c1-4-15-18(14,16-5-2)17-12-8-6-11(7-9-12)10(3)13/h8,11H,4-7,9H2,1-3H3. The highest BCUT2D eigenvalue weighted by Crippen LogP contribution is 2.52. The Labute approximate surface area is 108 Å². The first-order chi connectivity index (χ1) is 8.50. The molecule has 1 aliphatic rings. The van der Waals surface area contributed by atoms with Crippen molar-refractivity contribution in [1.82, 2.24) is 0 Å². The van der Waals surface area contributed by atoms with Gasteiger partial charge in [-0.05, 0) is 39.7 Å². The number of hydrogen-bond donors (Lipinski definition) is 0. The molecule has 0 aromatic heterocycles. The number of ketones is 1. The van der Waals surface area contributed by atoms with Crippen molar-refractivity contribution >= 4 is 13.6 Å². The maximum Gasteiger partial charge on any atom is 0.529 e. The maximum atomic E-state index is 12.1. The highest BCUT2D eigenvalue weighted by atomic mass is 31.2. The molecule has 0 amide bonds. The molecule has 0 aromatic carbocycles. The zero-order valence-electron chi connectivity index (χ0n) is 11.2. The molecule has 0 heterocycles. The molecule has 104 valence electrons. The summed E-state index contributed by atoms with van der Waals surface area (Å²) < 4.78 is 27.6. The molecule has 18 heavy (non-hydrogen) atoms. The van der Waals surface area contributed by atoms with Crippen LogP contribution in [0.4, 0.5) is 0 Å². The minimum atomic E-state index is -3.48. The molecule has 1 atom stereocenters. The Hall–Kier alpha value is -0.640. The van der Waals surface area contributed by atoms with Crippen molar-refractivity contribution in [2.24, 2.45) is 5.92 Å². The Morgan fingerprint density at radius 2 is 2.00 bits per heavy atom. The van der Waals surface area contributed by atoms with Crippen LogP contribution in [0.15, 0.2) is 11.8 Å². The molecule has 0 aliphatic heterocycles. The molecule has 0 bridgehead atoms. The summed E-state index contributed by atoms with van der Waals surface area (Å²) in [6.07, 6.45) is 3.75. The number of rotatable bonds is 7. The smallest absolute Gasteiger partial charge is 0.409 e. The summed E-state index contributed by atoms with van der Waals surface area (Å²) in [5, 5.41) is 0. The van der Waals surface area contributed by atoms with Crippen LogP contribution in [0.3, 0.4) is 0 Å². The molecule has 1 unspecified atom stereocenters. The van der Waals surface area contributed by atoms with E-state index in [0.717, 1.165) is 6.42 Å². The topological polar surface area (TPSA) is 61.8 Å². The van der Waals surface area contributed by atoms with Crippen LogP contribution in [0.5, 0.6) is 0 Å². The number of allylic oxidation sites excluding steroid dienone is 2. The van der Waals surface area contributed by atoms with Gasteiger partial charge in [-0.2, -0.15) is 0 Å². The van der Waals surface area contributed by atoms with Gasteiger partial charge in [0, 0.05) is 12.3 Å². The molecule has 0 saturated carbocycles. The zero-order valence-corrected chi connectivity index (χ0v) is 12.1. The largest absolute Gasteiger partial charge is 0.529 e. The van der Waals surface area contributed by atoms with Crippen LogP contribution < -0.4 is 0 Å². The predicted octanol–water partition coefficient (Wildman–Crippen LogP) is 3.46. The van der Waals surface area contributed by atoms with Gasteiger partial charge in [-0.15, -0.1) is 0 Å². The number of phosphoric acid groups is 1. The molecule has 1 rings (SSSR count). The normalized spacial score (nSPS) is 20.4. The highest BCUT2D eigenvalue weighted by molar-refractivity contribution is 7.48. The summed E-state index contributed by atoms with van der Waals surface area (Å²) in [6, 6.07) is 0. The van der Waals surface area contributed by atoms with Gasteiger partial charge in [-0.3, -0.25) is 13.8 Å². The van der Waals surface area contributed by atoms with E-state index in [1.54, 1.807) is 26.8 Å². The van der Waals surface area contributed by atoms with Crippen LogP contribution in [0.1, 0.15) is 40.0 Å². The number of Topliss-reactive ketones (excluding diaryl/α,β-unsaturated/α-hetero) is 1. The Morgan fingerprint density at radius 1 is 1.39 bits per heavy atom. The SMILES string of the molecule is CCOP(=O)(OCC)OC1=CCC(C(C)=O)CC1. The van der Waals surface area contributed by atoms with Gasteiger partial charge in [-0.1, -0.05) is 0 Å². The van der Waals surface area contributed by atoms with Crippen molar-refractivity contribution < 1.29 is 22.9 Å². The van der Waals surface area contributed by atoms with Gasteiger partial charge in [-0.25, -0.2) is 4.57 Å². The van der Waals surface area contributed by atoms with E-state index in [0.29, 0.717) is 18.6 Å². The lowest BCUT2D eigenvalue weighted by molar-refractivity contribution is -0.121. The van der Waals surface area contributed by atoms with Gasteiger partial charge < -0.3 is 4.52 Å². The molecule has 1 aliphatic carbocycles. The fourth-order valence-corrected chi connectivity index (χ4v) is 3.08. The summed E-state index contributed by atoms with van der Waals surface area (Å²) in [4.78, 5) is 11.2. The summed E-state index contributed by atoms with van der Waals surface area (Å²) >= 11 is 0. The highest BCUT2D eigenvalue weighted by Gasteiger charge is 2.30. The van der Waals surface area contributed by atoms with E-state index in [4.69, 9.17) is 13.6 Å². The van der Waals surface area contributed by atoms with Gasteiger partial charge in [0.2, 0.25) is 0 Å². The van der Waals surface area contributed by atoms with Gasteiger partial charge in [0.25, 0.3) is 0 Å². The fourth-order valence-electron chi connectivity index (χ4n) is 1.81. The average Bonchev–Trinajstić information content (AvgIpc) is 2.30. The monoisotopic (exact) mass is 276 g/mol. The molecular weight excluding hydrogens is 255 g/mol. The Bertz CT molecular complexity index is 353. The molecule has 0 spiro atoms. The zero-order chi connectivity index (χ0) is 13.6. The predicted molar refractivity (Wildman–Crippen MR) is 68.0 cm³/mol. The van der Waals surface area contributed by atoms with E-state index >= 15 is 0 Å². The lowest BCUT2D eigenvalue weighted by Gasteiger charge is -2.23. The van der Waals surface area contributed by atoms with E-state index < -0.39 is 7.82 Å². The Balaban J connectivity index is 2.61. The van der Waals surface area contributed by atoms with Gasteiger partial charge in [0.15, 0.2) is 0 Å². The van der Waals surface area contributed by atoms with Crippen molar-refractivity contribution in [3.63, 3.8) is 0 Å². The number of hydrogen-bond acceptors (Lipinski definition) is 5. The first-order valence-corrected chi connectivity index (χ1v) is 7.75. The molecule has 0 aromatic rings. The number of carbonyl (C=O) groups is 1. The quantitative estimate of drug-likeness (QED) is 0.666. The van der Waals surface area contributed by atoms with Gasteiger partial charge in [0.1, 0.15) is 11.5 Å². The summed E-state index contributed by atoms with van der Waals surface area (Å²) in [6.45, 7) is 5.59. The summed E-state index contributed by atoms with van der Waals surface area (Å²) in [7, 11) is -3.48. The molecule has 0 N–H and O–H groups in total. The number of phosphoric ester groups is 1. The van der Waals surface area contributed by atoms with Crippen LogP contribution in [0, 0.1) is 5.92 Å². The van der Waals surface area contributed by atoms with Crippen LogP contribution in [-0.4, -0.2) is 19.0 Å². The second kappa shape index (κ2) is 7.07. The molecule has 0 saturated heterocycles. The lowest BCUT2D eigenvalue weighted by Crippen LogP contribution is -2.14. The second-order valence-electron chi connectivity index (χ2n) is 4.13. The van der Waals surface area contributed by atoms with Gasteiger partial charge in [0.05, 0.1) is 13.2 Å². The molecule has 5 nitrogen and oxygen atoms in total. The molecule has 0 fully saturated rings. The molecule has 0 radical (unpaired) electrons. The fraction of sp³-hybridized carbons (Fsp3) is 0.750. The van der Waals surface area contributed by atoms with E-state index in [1.165, 1.54) is 0 Å². The van der Waals surface area contributed by atoms with Crippen molar-refractivity contribution in [1.29, 1.82) is 0 Å². The third-order valence-electron chi connectivity index (χ3n) is 2.75. The summed E-state index contributed by atoms with van der Waals surface area (Å²) in [5.74, 6) is 0.830. The van der Waals surface area contributed by atoms with Crippen LogP contribution in [0.2, 0.25) is 0 Å². The Morgan fingerprint density at radius 3 is 2.39 bits per heavy atom. The van der Waals surface area contributed by atoms with E-state index in [-0.39, 0.29) is 24.9 Å². The number of carbonyl (C=O) groups excluding carboxylic acids is 1. The van der Waals surface area contributed by atoms with Crippen molar-refractivity contribution in [2.75, 3.05) is 13.2 Å². The van der Waals surface area contributed by atoms with Crippen LogP contribution in [-0.2, 0) is 22.9 Å². The third kappa shape index (κ3) is 4.56. The minimum Gasteiger partial charge on any atom is -0.409 e. The van der Waals surface area contributed by atoms with E-state index in [1.807, 2.05) is 0 Å². The van der Waals surface area contributed by atoms with E-state index in [9.17, 15) is 9.36 Å². The first kappa shape index (κ1) is 15.4. The van der Waals surface area contributed by atoms with Crippen molar-refractivity contribution in [3.8, 4) is 0 Å². The lowest BCUT2D eigenvalue weighted by atomic mass is 9.90. The average molecular weight is 276 g/mol. The van der Waals surface area contributed by atoms with Crippen LogP contribution in [0.25, 0.3) is 0 Å². The molecule has 6 heteroatoms. The maximum absolute atomic E-state index is 12.1. The van der Waals surface area contributed by atoms with Crippen molar-refractivity contribution in [2.45, 2.75) is 40.0 Å². The Kier molecular flexibility index (Phi) is 6.06.